The number of phenols is 1. The van der Waals surface area contributed by atoms with Crippen molar-refractivity contribution in [3.05, 3.63) is 28.8 Å². The molecule has 0 heterocycles. The topological polar surface area (TPSA) is 29.5 Å². The van der Waals surface area contributed by atoms with Gasteiger partial charge in [0.25, 0.3) is 0 Å². The Morgan fingerprint density at radius 3 is 2.04 bits per heavy atom. The number of ether oxygens (including phenoxy) is 1. The van der Waals surface area contributed by atoms with Crippen LogP contribution in [0.5, 0.6) is 5.75 Å². The third kappa shape index (κ3) is 8.12. The molecule has 2 heteroatoms. The van der Waals surface area contributed by atoms with Crippen LogP contribution in [0, 0.1) is 0 Å². The van der Waals surface area contributed by atoms with Gasteiger partial charge in [0.1, 0.15) is 5.75 Å². The van der Waals surface area contributed by atoms with Gasteiger partial charge in [0.05, 0.1) is 6.61 Å². The fourth-order valence-electron chi connectivity index (χ4n) is 3.34. The first-order valence-electron chi connectivity index (χ1n) is 10.7. The van der Waals surface area contributed by atoms with Crippen LogP contribution in [0.3, 0.4) is 0 Å². The summed E-state index contributed by atoms with van der Waals surface area (Å²) < 4.78 is 5.93. The number of hydrogen-bond acceptors (Lipinski definition) is 2. The SMILES string of the molecule is CCCCCCCCCCOCc1cc(C(C)C)c(O)c(C(C)(C)C)c1. The van der Waals surface area contributed by atoms with Crippen molar-refractivity contribution in [3.63, 3.8) is 0 Å². The van der Waals surface area contributed by atoms with Gasteiger partial charge in [-0.25, -0.2) is 0 Å². The number of unbranched alkanes of at least 4 members (excludes halogenated alkanes) is 7. The summed E-state index contributed by atoms with van der Waals surface area (Å²) in [6.07, 6.45) is 10.6. The summed E-state index contributed by atoms with van der Waals surface area (Å²) in [6.45, 7) is 14.4. The highest BCUT2D eigenvalue weighted by molar-refractivity contribution is 5.48. The maximum absolute atomic E-state index is 10.6. The van der Waals surface area contributed by atoms with Crippen molar-refractivity contribution in [2.45, 2.75) is 111 Å². The minimum absolute atomic E-state index is 0.0679. The van der Waals surface area contributed by atoms with Crippen LogP contribution < -0.4 is 0 Å². The van der Waals surface area contributed by atoms with Crippen LogP contribution in [0.4, 0.5) is 0 Å². The molecular formula is C24H42O2. The van der Waals surface area contributed by atoms with E-state index >= 15 is 0 Å². The van der Waals surface area contributed by atoms with Crippen molar-refractivity contribution in [2.24, 2.45) is 0 Å². The van der Waals surface area contributed by atoms with E-state index in [1.807, 2.05) is 0 Å². The summed E-state index contributed by atoms with van der Waals surface area (Å²) in [7, 11) is 0. The Balaban J connectivity index is 2.44. The van der Waals surface area contributed by atoms with Gasteiger partial charge in [-0.2, -0.15) is 0 Å². The summed E-state index contributed by atoms with van der Waals surface area (Å²) in [5.41, 5.74) is 3.16. The van der Waals surface area contributed by atoms with Gasteiger partial charge in [0.15, 0.2) is 0 Å². The molecule has 1 rings (SSSR count). The minimum Gasteiger partial charge on any atom is -0.507 e. The van der Waals surface area contributed by atoms with Gasteiger partial charge in [-0.15, -0.1) is 0 Å². The Morgan fingerprint density at radius 1 is 0.923 bits per heavy atom. The predicted octanol–water partition coefficient (Wildman–Crippen LogP) is 7.47. The van der Waals surface area contributed by atoms with Gasteiger partial charge in [-0.1, -0.05) is 86.5 Å². The Labute approximate surface area is 162 Å². The monoisotopic (exact) mass is 362 g/mol. The van der Waals surface area contributed by atoms with Crippen LogP contribution in [-0.2, 0) is 16.8 Å². The largest absolute Gasteiger partial charge is 0.507 e. The molecule has 0 spiro atoms. The molecule has 0 aliphatic heterocycles. The Kier molecular flexibility index (Phi) is 10.3. The van der Waals surface area contributed by atoms with E-state index in [9.17, 15) is 5.11 Å². The van der Waals surface area contributed by atoms with Crippen molar-refractivity contribution in [3.8, 4) is 5.75 Å². The molecule has 0 aromatic heterocycles. The maximum Gasteiger partial charge on any atom is 0.122 e. The van der Waals surface area contributed by atoms with Crippen molar-refractivity contribution in [1.29, 1.82) is 0 Å². The van der Waals surface area contributed by atoms with Gasteiger partial charge in [-0.05, 0) is 46.6 Å². The molecule has 150 valence electrons. The van der Waals surface area contributed by atoms with Gasteiger partial charge in [-0.3, -0.25) is 0 Å². The minimum atomic E-state index is -0.0679. The lowest BCUT2D eigenvalue weighted by Gasteiger charge is -2.24. The normalized spacial score (nSPS) is 12.1. The van der Waals surface area contributed by atoms with Crippen LogP contribution in [0.1, 0.15) is 116 Å². The number of phenolic OH excluding ortho intramolecular Hbond substituents is 1. The highest BCUT2D eigenvalue weighted by Gasteiger charge is 2.22. The second-order valence-electron chi connectivity index (χ2n) is 9.01. The van der Waals surface area contributed by atoms with E-state index in [1.165, 1.54) is 50.5 Å². The second kappa shape index (κ2) is 11.6. The van der Waals surface area contributed by atoms with Gasteiger partial charge >= 0.3 is 0 Å². The number of benzene rings is 1. The zero-order valence-corrected chi connectivity index (χ0v) is 18.2. The first-order valence-corrected chi connectivity index (χ1v) is 10.7. The van der Waals surface area contributed by atoms with Crippen LogP contribution in [0.2, 0.25) is 0 Å². The smallest absolute Gasteiger partial charge is 0.122 e. The van der Waals surface area contributed by atoms with Crippen LogP contribution in [0.15, 0.2) is 12.1 Å². The van der Waals surface area contributed by atoms with E-state index in [1.54, 1.807) is 0 Å². The molecule has 1 N–H and O–H groups in total. The first kappa shape index (κ1) is 23.0. The molecule has 26 heavy (non-hydrogen) atoms. The lowest BCUT2D eigenvalue weighted by Crippen LogP contribution is -2.13. The Morgan fingerprint density at radius 2 is 1.50 bits per heavy atom. The predicted molar refractivity (Wildman–Crippen MR) is 113 cm³/mol. The summed E-state index contributed by atoms with van der Waals surface area (Å²) in [5, 5.41) is 10.6. The molecule has 0 amide bonds. The van der Waals surface area contributed by atoms with Crippen LogP contribution in [-0.4, -0.2) is 11.7 Å². The zero-order valence-electron chi connectivity index (χ0n) is 18.2. The molecule has 0 aliphatic carbocycles. The molecule has 0 bridgehead atoms. The lowest BCUT2D eigenvalue weighted by atomic mass is 9.82. The fraction of sp³-hybridized carbons (Fsp3) is 0.750. The molecule has 1 aromatic rings. The van der Waals surface area contributed by atoms with E-state index < -0.39 is 0 Å². The number of rotatable bonds is 12. The van der Waals surface area contributed by atoms with Crippen LogP contribution >= 0.6 is 0 Å². The summed E-state index contributed by atoms with van der Waals surface area (Å²) >= 11 is 0. The van der Waals surface area contributed by atoms with E-state index in [4.69, 9.17) is 4.74 Å². The zero-order chi connectivity index (χ0) is 19.6. The number of hydrogen-bond donors (Lipinski definition) is 1. The Hall–Kier alpha value is -1.02. The van der Waals surface area contributed by atoms with Crippen molar-refractivity contribution in [1.82, 2.24) is 0 Å². The summed E-state index contributed by atoms with van der Waals surface area (Å²) in [5.74, 6) is 0.767. The second-order valence-corrected chi connectivity index (χ2v) is 9.01. The van der Waals surface area contributed by atoms with Gasteiger partial charge in [0, 0.05) is 6.61 Å². The third-order valence-electron chi connectivity index (χ3n) is 5.04. The molecular weight excluding hydrogens is 320 g/mol. The van der Waals surface area contributed by atoms with Crippen molar-refractivity contribution < 1.29 is 9.84 Å². The molecule has 0 aliphatic rings. The molecule has 0 saturated heterocycles. The molecule has 0 saturated carbocycles. The maximum atomic E-state index is 10.6. The van der Waals surface area contributed by atoms with Crippen molar-refractivity contribution in [2.75, 3.05) is 6.61 Å². The van der Waals surface area contributed by atoms with E-state index in [0.29, 0.717) is 18.3 Å². The quantitative estimate of drug-likeness (QED) is 0.391. The lowest BCUT2D eigenvalue weighted by molar-refractivity contribution is 0.116. The highest BCUT2D eigenvalue weighted by atomic mass is 16.5. The molecule has 0 radical (unpaired) electrons. The molecule has 2 nitrogen and oxygen atoms in total. The van der Waals surface area contributed by atoms with E-state index in [-0.39, 0.29) is 5.41 Å². The fourth-order valence-corrected chi connectivity index (χ4v) is 3.34. The summed E-state index contributed by atoms with van der Waals surface area (Å²) in [6, 6.07) is 4.23. The molecule has 0 unspecified atom stereocenters. The first-order chi connectivity index (χ1) is 12.3. The standard InChI is InChI=1S/C24H42O2/c1-7-8-9-10-11-12-13-14-15-26-18-20-16-21(19(2)3)23(25)22(17-20)24(4,5)6/h16-17,19,25H,7-15,18H2,1-6H3. The van der Waals surface area contributed by atoms with Crippen molar-refractivity contribution >= 4 is 0 Å². The molecule has 1 aromatic carbocycles. The average molecular weight is 363 g/mol. The highest BCUT2D eigenvalue weighted by Crippen LogP contribution is 2.37. The van der Waals surface area contributed by atoms with Gasteiger partial charge in [0.2, 0.25) is 0 Å². The van der Waals surface area contributed by atoms with Crippen LogP contribution in [0.25, 0.3) is 0 Å². The van der Waals surface area contributed by atoms with Gasteiger partial charge < -0.3 is 9.84 Å². The molecule has 0 atom stereocenters. The van der Waals surface area contributed by atoms with E-state index in [0.717, 1.165) is 24.2 Å². The summed E-state index contributed by atoms with van der Waals surface area (Å²) in [4.78, 5) is 0. The average Bonchev–Trinajstić information content (AvgIpc) is 2.56. The third-order valence-corrected chi connectivity index (χ3v) is 5.04. The van der Waals surface area contributed by atoms with E-state index in [2.05, 4.69) is 53.7 Å². The number of aromatic hydroxyl groups is 1. The Bertz CT molecular complexity index is 512. The molecule has 0 fully saturated rings.